The fraction of sp³-hybridized carbons (Fsp3) is 0.500. The van der Waals surface area contributed by atoms with E-state index < -0.39 is 0 Å². The van der Waals surface area contributed by atoms with Crippen molar-refractivity contribution in [2.75, 3.05) is 11.9 Å². The summed E-state index contributed by atoms with van der Waals surface area (Å²) in [5.74, 6) is 0.268. The minimum atomic E-state index is 0.268. The highest BCUT2D eigenvalue weighted by Gasteiger charge is 2.23. The van der Waals surface area contributed by atoms with Gasteiger partial charge in [0, 0.05) is 29.7 Å². The average molecular weight is 249 g/mol. The third-order valence-electron chi connectivity index (χ3n) is 3.66. The highest BCUT2D eigenvalue weighted by Crippen LogP contribution is 2.29. The number of hydrogen-bond donors (Lipinski definition) is 0. The van der Waals surface area contributed by atoms with Crippen LogP contribution in [0.25, 0.3) is 0 Å². The quantitative estimate of drug-likeness (QED) is 0.795. The molecule has 1 aromatic carbocycles. The van der Waals surface area contributed by atoms with E-state index in [-0.39, 0.29) is 5.92 Å². The van der Waals surface area contributed by atoms with E-state index in [0.717, 1.165) is 30.7 Å². The molecule has 90 valence electrons. The lowest BCUT2D eigenvalue weighted by molar-refractivity contribution is 0.372. The summed E-state index contributed by atoms with van der Waals surface area (Å²) >= 11 is 5.89. The zero-order valence-corrected chi connectivity index (χ0v) is 10.8. The number of nitrogens with zero attached hydrogens (tertiary/aromatic N) is 2. The number of anilines is 1. The van der Waals surface area contributed by atoms with Crippen LogP contribution >= 0.6 is 11.6 Å². The predicted octanol–water partition coefficient (Wildman–Crippen LogP) is 3.86. The van der Waals surface area contributed by atoms with E-state index in [1.807, 2.05) is 12.1 Å². The number of hydrogen-bond acceptors (Lipinski definition) is 2. The predicted molar refractivity (Wildman–Crippen MR) is 71.2 cm³/mol. The highest BCUT2D eigenvalue weighted by molar-refractivity contribution is 6.30. The van der Waals surface area contributed by atoms with Crippen molar-refractivity contribution in [1.82, 2.24) is 0 Å². The van der Waals surface area contributed by atoms with E-state index >= 15 is 0 Å². The molecule has 0 radical (unpaired) electrons. The molecule has 0 spiro atoms. The molecule has 2 rings (SSSR count). The topological polar surface area (TPSA) is 27.0 Å². The van der Waals surface area contributed by atoms with Gasteiger partial charge in [0.1, 0.15) is 0 Å². The number of nitriles is 1. The molecule has 2 nitrogen and oxygen atoms in total. The first kappa shape index (κ1) is 12.3. The molecular weight excluding hydrogens is 232 g/mol. The third kappa shape index (κ3) is 2.92. The summed E-state index contributed by atoms with van der Waals surface area (Å²) in [6, 6.07) is 10.9. The molecule has 0 aliphatic heterocycles. The molecule has 0 saturated heterocycles. The smallest absolute Gasteiger partial charge is 0.0655 e. The first-order valence-electron chi connectivity index (χ1n) is 6.08. The molecule has 0 bridgehead atoms. The molecule has 0 unspecified atom stereocenters. The molecule has 0 aromatic heterocycles. The second-order valence-electron chi connectivity index (χ2n) is 4.72. The van der Waals surface area contributed by atoms with Crippen LogP contribution in [-0.2, 0) is 0 Å². The molecule has 1 aliphatic carbocycles. The lowest BCUT2D eigenvalue weighted by atomic mass is 9.86. The van der Waals surface area contributed by atoms with Gasteiger partial charge in [0.25, 0.3) is 0 Å². The molecule has 0 heterocycles. The Morgan fingerprint density at radius 2 is 1.76 bits per heavy atom. The van der Waals surface area contributed by atoms with Crippen LogP contribution in [0.1, 0.15) is 25.7 Å². The number of benzene rings is 1. The van der Waals surface area contributed by atoms with Crippen LogP contribution in [0.4, 0.5) is 5.69 Å². The Morgan fingerprint density at radius 1 is 1.18 bits per heavy atom. The lowest BCUT2D eigenvalue weighted by Crippen LogP contribution is -2.34. The Labute approximate surface area is 108 Å². The van der Waals surface area contributed by atoms with Crippen LogP contribution in [0, 0.1) is 17.2 Å². The maximum Gasteiger partial charge on any atom is 0.0655 e. The van der Waals surface area contributed by atoms with Crippen LogP contribution < -0.4 is 4.90 Å². The van der Waals surface area contributed by atoms with Gasteiger partial charge in [-0.05, 0) is 49.9 Å². The monoisotopic (exact) mass is 248 g/mol. The Morgan fingerprint density at radius 3 is 2.29 bits per heavy atom. The summed E-state index contributed by atoms with van der Waals surface area (Å²) in [4.78, 5) is 2.31. The molecular formula is C14H17ClN2. The summed E-state index contributed by atoms with van der Waals surface area (Å²) in [6.07, 6.45) is 4.27. The zero-order chi connectivity index (χ0) is 12.3. The first-order valence-corrected chi connectivity index (χ1v) is 6.46. The van der Waals surface area contributed by atoms with Crippen molar-refractivity contribution in [2.45, 2.75) is 31.7 Å². The van der Waals surface area contributed by atoms with E-state index in [9.17, 15) is 0 Å². The van der Waals surface area contributed by atoms with Crippen LogP contribution in [0.2, 0.25) is 5.02 Å². The van der Waals surface area contributed by atoms with Crippen LogP contribution in [0.3, 0.4) is 0 Å². The Kier molecular flexibility index (Phi) is 3.91. The van der Waals surface area contributed by atoms with Crippen LogP contribution in [-0.4, -0.2) is 13.1 Å². The normalized spacial score (nSPS) is 24.1. The summed E-state index contributed by atoms with van der Waals surface area (Å²) < 4.78 is 0. The van der Waals surface area contributed by atoms with Crippen molar-refractivity contribution in [1.29, 1.82) is 5.26 Å². The van der Waals surface area contributed by atoms with Crippen molar-refractivity contribution >= 4 is 17.3 Å². The highest BCUT2D eigenvalue weighted by atomic mass is 35.5. The molecule has 1 aliphatic rings. The number of halogens is 1. The summed E-state index contributed by atoms with van der Waals surface area (Å²) in [5, 5.41) is 9.66. The Bertz CT molecular complexity index is 399. The first-order chi connectivity index (χ1) is 8.20. The maximum atomic E-state index is 8.89. The molecule has 17 heavy (non-hydrogen) atoms. The summed E-state index contributed by atoms with van der Waals surface area (Å²) in [7, 11) is 2.13. The van der Waals surface area contributed by atoms with Crippen molar-refractivity contribution in [3.63, 3.8) is 0 Å². The van der Waals surface area contributed by atoms with Gasteiger partial charge in [0.15, 0.2) is 0 Å². The number of rotatable bonds is 2. The molecule has 0 atom stereocenters. The van der Waals surface area contributed by atoms with Gasteiger partial charge in [-0.1, -0.05) is 11.6 Å². The fourth-order valence-corrected chi connectivity index (χ4v) is 2.61. The van der Waals surface area contributed by atoms with Gasteiger partial charge in [-0.25, -0.2) is 0 Å². The lowest BCUT2D eigenvalue weighted by Gasteiger charge is -2.34. The van der Waals surface area contributed by atoms with E-state index in [0.29, 0.717) is 6.04 Å². The standard InChI is InChI=1S/C14H17ClN2/c1-17(14-8-4-12(15)5-9-14)13-6-2-11(10-16)3-7-13/h4-5,8-9,11,13H,2-3,6-7H2,1H3. The van der Waals surface area contributed by atoms with Crippen molar-refractivity contribution in [3.05, 3.63) is 29.3 Å². The minimum absolute atomic E-state index is 0.268. The molecule has 3 heteroatoms. The van der Waals surface area contributed by atoms with Gasteiger partial charge < -0.3 is 4.90 Å². The maximum absolute atomic E-state index is 8.89. The van der Waals surface area contributed by atoms with E-state index in [1.54, 1.807) is 0 Å². The fourth-order valence-electron chi connectivity index (χ4n) is 2.48. The van der Waals surface area contributed by atoms with E-state index in [2.05, 4.69) is 30.1 Å². The second-order valence-corrected chi connectivity index (χ2v) is 5.16. The van der Waals surface area contributed by atoms with E-state index in [4.69, 9.17) is 16.9 Å². The SMILES string of the molecule is CN(c1ccc(Cl)cc1)C1CCC(C#N)CC1. The Hall–Kier alpha value is -1.20. The molecule has 0 N–H and O–H groups in total. The molecule has 0 amide bonds. The van der Waals surface area contributed by atoms with Gasteiger partial charge in [0.05, 0.1) is 6.07 Å². The largest absolute Gasteiger partial charge is 0.372 e. The van der Waals surface area contributed by atoms with Crippen molar-refractivity contribution in [2.24, 2.45) is 5.92 Å². The molecule has 1 fully saturated rings. The summed E-state index contributed by atoms with van der Waals surface area (Å²) in [5.41, 5.74) is 1.20. The molecule has 1 saturated carbocycles. The van der Waals surface area contributed by atoms with Gasteiger partial charge >= 0.3 is 0 Å². The molecule has 1 aromatic rings. The third-order valence-corrected chi connectivity index (χ3v) is 3.91. The second kappa shape index (κ2) is 5.42. The van der Waals surface area contributed by atoms with Gasteiger partial charge in [-0.3, -0.25) is 0 Å². The summed E-state index contributed by atoms with van der Waals surface area (Å²) in [6.45, 7) is 0. The zero-order valence-electron chi connectivity index (χ0n) is 10.1. The Balaban J connectivity index is 1.99. The minimum Gasteiger partial charge on any atom is -0.372 e. The van der Waals surface area contributed by atoms with Gasteiger partial charge in [0.2, 0.25) is 0 Å². The van der Waals surface area contributed by atoms with Crippen LogP contribution in [0.15, 0.2) is 24.3 Å². The van der Waals surface area contributed by atoms with Crippen molar-refractivity contribution in [3.8, 4) is 6.07 Å². The van der Waals surface area contributed by atoms with Crippen LogP contribution in [0.5, 0.6) is 0 Å². The van der Waals surface area contributed by atoms with Gasteiger partial charge in [-0.15, -0.1) is 0 Å². The van der Waals surface area contributed by atoms with Gasteiger partial charge in [-0.2, -0.15) is 5.26 Å². The van der Waals surface area contributed by atoms with E-state index in [1.165, 1.54) is 5.69 Å². The average Bonchev–Trinajstić information content (AvgIpc) is 2.39. The van der Waals surface area contributed by atoms with Crippen molar-refractivity contribution < 1.29 is 0 Å².